The SMILES string of the molecule is C=C(C1CCCC1)N1CCC(c2cn(C)c3ncc(CC(=O)c4cc(O)cc(C#N)c4)c(C(F)(F)F)c23)CC1. The van der Waals surface area contributed by atoms with E-state index in [1.807, 2.05) is 6.07 Å². The Hall–Kier alpha value is -3.80. The molecule has 1 saturated heterocycles. The minimum absolute atomic E-state index is 0.0251. The van der Waals surface area contributed by atoms with E-state index in [-0.39, 0.29) is 39.4 Å². The standard InChI is InChI=1S/C30H31F3N4O2/c1-18(20-5-3-4-6-20)37-9-7-21(8-10-37)25-17-36(2)29-27(25)28(30(31,32)33)23(16-35-29)14-26(39)22-11-19(15-34)12-24(38)13-22/h11-13,16-17,20-21,38H,1,3-10,14H2,2H3. The lowest BCUT2D eigenvalue weighted by Gasteiger charge is -2.37. The number of phenols is 1. The van der Waals surface area contributed by atoms with Crippen LogP contribution in [0.5, 0.6) is 5.75 Å². The average molecular weight is 537 g/mol. The molecule has 3 aromatic rings. The number of allylic oxidation sites excluding steroid dienone is 1. The first-order chi connectivity index (χ1) is 18.6. The Morgan fingerprint density at radius 2 is 1.87 bits per heavy atom. The lowest BCUT2D eigenvalue weighted by molar-refractivity contribution is -0.136. The second-order valence-electron chi connectivity index (χ2n) is 10.8. The number of likely N-dealkylation sites (tertiary alicyclic amines) is 1. The van der Waals surface area contributed by atoms with Crippen molar-refractivity contribution < 1.29 is 23.1 Å². The van der Waals surface area contributed by atoms with Gasteiger partial charge in [-0.05, 0) is 66.8 Å². The van der Waals surface area contributed by atoms with Gasteiger partial charge in [0.1, 0.15) is 11.4 Å². The number of hydrogen-bond donors (Lipinski definition) is 1. The van der Waals surface area contributed by atoms with Crippen LogP contribution in [0.25, 0.3) is 11.0 Å². The molecule has 39 heavy (non-hydrogen) atoms. The quantitative estimate of drug-likeness (QED) is 0.365. The van der Waals surface area contributed by atoms with Gasteiger partial charge in [-0.1, -0.05) is 19.4 Å². The van der Waals surface area contributed by atoms with Crippen molar-refractivity contribution in [2.75, 3.05) is 13.1 Å². The lowest BCUT2D eigenvalue weighted by Crippen LogP contribution is -2.34. The van der Waals surface area contributed by atoms with Crippen molar-refractivity contribution in [3.05, 3.63) is 70.7 Å². The number of pyridine rings is 1. The normalized spacial score (nSPS) is 17.1. The number of nitriles is 1. The molecular formula is C30H31F3N4O2. The highest BCUT2D eigenvalue weighted by atomic mass is 19.4. The molecule has 5 rings (SSSR count). The summed E-state index contributed by atoms with van der Waals surface area (Å²) in [5.74, 6) is -0.491. The lowest BCUT2D eigenvalue weighted by atomic mass is 9.86. The molecule has 0 amide bonds. The van der Waals surface area contributed by atoms with E-state index in [2.05, 4.69) is 16.5 Å². The third kappa shape index (κ3) is 5.25. The minimum Gasteiger partial charge on any atom is -0.508 e. The van der Waals surface area contributed by atoms with Crippen LogP contribution in [-0.4, -0.2) is 38.4 Å². The van der Waals surface area contributed by atoms with Crippen LogP contribution in [0, 0.1) is 17.2 Å². The predicted molar refractivity (Wildman–Crippen MR) is 141 cm³/mol. The van der Waals surface area contributed by atoms with E-state index in [4.69, 9.17) is 5.26 Å². The van der Waals surface area contributed by atoms with Crippen molar-refractivity contribution in [3.63, 3.8) is 0 Å². The highest BCUT2D eigenvalue weighted by Crippen LogP contribution is 2.44. The Morgan fingerprint density at radius 3 is 2.51 bits per heavy atom. The van der Waals surface area contributed by atoms with Crippen LogP contribution in [0.15, 0.2) is 42.9 Å². The second-order valence-corrected chi connectivity index (χ2v) is 10.8. The number of alkyl halides is 3. The Balaban J connectivity index is 1.48. The maximum Gasteiger partial charge on any atom is 0.417 e. The van der Waals surface area contributed by atoms with Gasteiger partial charge in [0.05, 0.1) is 17.2 Å². The second kappa shape index (κ2) is 10.4. The van der Waals surface area contributed by atoms with Gasteiger partial charge >= 0.3 is 6.18 Å². The molecule has 1 saturated carbocycles. The minimum atomic E-state index is -4.71. The van der Waals surface area contributed by atoms with Crippen molar-refractivity contribution in [3.8, 4) is 11.8 Å². The predicted octanol–water partition coefficient (Wildman–Crippen LogP) is 6.48. The molecule has 0 radical (unpaired) electrons. The molecule has 204 valence electrons. The zero-order valence-corrected chi connectivity index (χ0v) is 21.9. The van der Waals surface area contributed by atoms with Crippen molar-refractivity contribution in [1.29, 1.82) is 5.26 Å². The monoisotopic (exact) mass is 536 g/mol. The smallest absolute Gasteiger partial charge is 0.417 e. The van der Waals surface area contributed by atoms with Gasteiger partial charge in [-0.25, -0.2) is 4.98 Å². The van der Waals surface area contributed by atoms with Gasteiger partial charge in [0.2, 0.25) is 0 Å². The van der Waals surface area contributed by atoms with E-state index in [0.717, 1.165) is 43.9 Å². The fourth-order valence-electron chi connectivity index (χ4n) is 6.29. The van der Waals surface area contributed by atoms with E-state index in [9.17, 15) is 23.1 Å². The number of carbonyl (C=O) groups excluding carboxylic acids is 1. The third-order valence-electron chi connectivity index (χ3n) is 8.26. The summed E-state index contributed by atoms with van der Waals surface area (Å²) in [5.41, 5.74) is 0.968. The highest BCUT2D eigenvalue weighted by Gasteiger charge is 2.39. The molecule has 2 fully saturated rings. The van der Waals surface area contributed by atoms with E-state index >= 15 is 0 Å². The van der Waals surface area contributed by atoms with Crippen molar-refractivity contribution >= 4 is 16.8 Å². The number of benzene rings is 1. The molecule has 1 N–H and O–H groups in total. The number of halogens is 3. The molecule has 2 aromatic heterocycles. The van der Waals surface area contributed by atoms with Gasteiger partial charge in [-0.2, -0.15) is 18.4 Å². The number of ketones is 1. The number of piperidine rings is 1. The molecule has 2 aliphatic rings. The summed E-state index contributed by atoms with van der Waals surface area (Å²) in [4.78, 5) is 19.7. The van der Waals surface area contributed by atoms with Gasteiger partial charge in [0, 0.05) is 55.6 Å². The summed E-state index contributed by atoms with van der Waals surface area (Å²) in [6.45, 7) is 5.84. The molecule has 0 unspecified atom stereocenters. The molecule has 1 aliphatic carbocycles. The first-order valence-electron chi connectivity index (χ1n) is 13.3. The summed E-state index contributed by atoms with van der Waals surface area (Å²) >= 11 is 0. The Morgan fingerprint density at radius 1 is 1.18 bits per heavy atom. The van der Waals surface area contributed by atoms with Crippen molar-refractivity contribution in [2.24, 2.45) is 13.0 Å². The number of Topliss-reactive ketones (excluding diaryl/α,β-unsaturated/α-hetero) is 1. The van der Waals surface area contributed by atoms with E-state index < -0.39 is 23.9 Å². The average Bonchev–Trinajstić information content (AvgIpc) is 3.56. The molecule has 6 nitrogen and oxygen atoms in total. The Labute approximate surface area is 225 Å². The largest absolute Gasteiger partial charge is 0.508 e. The maximum absolute atomic E-state index is 14.7. The number of aromatic hydroxyl groups is 1. The van der Waals surface area contributed by atoms with Gasteiger partial charge in [-0.3, -0.25) is 4.79 Å². The number of aryl methyl sites for hydroxylation is 1. The first kappa shape index (κ1) is 26.8. The Bertz CT molecular complexity index is 1470. The van der Waals surface area contributed by atoms with Gasteiger partial charge in [-0.15, -0.1) is 0 Å². The number of nitrogens with zero attached hydrogens (tertiary/aromatic N) is 4. The summed E-state index contributed by atoms with van der Waals surface area (Å²) < 4.78 is 45.6. The van der Waals surface area contributed by atoms with Crippen LogP contribution >= 0.6 is 0 Å². The number of hydrogen-bond acceptors (Lipinski definition) is 5. The number of phenolic OH excluding ortho intramolecular Hbond substituents is 1. The number of fused-ring (bicyclic) bond motifs is 1. The molecule has 3 heterocycles. The van der Waals surface area contributed by atoms with Crippen LogP contribution in [0.1, 0.15) is 77.1 Å². The topological polar surface area (TPSA) is 82.2 Å². The molecule has 1 aliphatic heterocycles. The van der Waals surface area contributed by atoms with Crippen LogP contribution in [-0.2, 0) is 19.6 Å². The summed E-state index contributed by atoms with van der Waals surface area (Å²) in [5, 5.41) is 19.1. The highest BCUT2D eigenvalue weighted by molar-refractivity contribution is 5.99. The van der Waals surface area contributed by atoms with Gasteiger partial charge in [0.15, 0.2) is 5.78 Å². The molecule has 0 bridgehead atoms. The molecule has 1 aromatic carbocycles. The molecule has 9 heteroatoms. The van der Waals surface area contributed by atoms with Crippen LogP contribution in [0.3, 0.4) is 0 Å². The third-order valence-corrected chi connectivity index (χ3v) is 8.26. The summed E-state index contributed by atoms with van der Waals surface area (Å²) in [7, 11) is 1.69. The molecule has 0 atom stereocenters. The fourth-order valence-corrected chi connectivity index (χ4v) is 6.29. The van der Waals surface area contributed by atoms with E-state index in [1.54, 1.807) is 17.8 Å². The van der Waals surface area contributed by atoms with E-state index in [1.165, 1.54) is 25.0 Å². The van der Waals surface area contributed by atoms with Crippen LogP contribution in [0.4, 0.5) is 13.2 Å². The zero-order valence-electron chi connectivity index (χ0n) is 21.9. The fraction of sp³-hybridized carbons (Fsp3) is 0.433. The first-order valence-corrected chi connectivity index (χ1v) is 13.3. The van der Waals surface area contributed by atoms with Crippen molar-refractivity contribution in [2.45, 2.75) is 57.0 Å². The zero-order chi connectivity index (χ0) is 27.9. The van der Waals surface area contributed by atoms with Crippen LogP contribution < -0.4 is 0 Å². The van der Waals surface area contributed by atoms with E-state index in [0.29, 0.717) is 24.3 Å². The summed E-state index contributed by atoms with van der Waals surface area (Å²) in [6.07, 6.45) is 3.79. The van der Waals surface area contributed by atoms with Crippen molar-refractivity contribution in [1.82, 2.24) is 14.5 Å². The van der Waals surface area contributed by atoms with Gasteiger partial charge < -0.3 is 14.6 Å². The molecule has 0 spiro atoms. The number of carbonyl (C=O) groups is 1. The maximum atomic E-state index is 14.7. The summed E-state index contributed by atoms with van der Waals surface area (Å²) in [6, 6.07) is 5.46. The van der Waals surface area contributed by atoms with Gasteiger partial charge in [0.25, 0.3) is 0 Å². The Kier molecular flexibility index (Phi) is 7.15. The molecular weight excluding hydrogens is 505 g/mol. The van der Waals surface area contributed by atoms with Crippen LogP contribution in [0.2, 0.25) is 0 Å². The number of aromatic nitrogens is 2. The number of rotatable bonds is 6.